The lowest BCUT2D eigenvalue weighted by Gasteiger charge is -2.08. The Kier molecular flexibility index (Phi) is 5.24. The summed E-state index contributed by atoms with van der Waals surface area (Å²) in [6, 6.07) is 29.3. The average Bonchev–Trinajstić information content (AvgIpc) is 3.26. The predicted molar refractivity (Wildman–Crippen MR) is 130 cm³/mol. The molecule has 0 bridgehead atoms. The molecule has 2 N–H and O–H groups in total. The number of para-hydroxylation sites is 1. The number of carbonyl (C=O) groups excluding carboxylic acids is 1. The molecule has 0 saturated heterocycles. The third-order valence-electron chi connectivity index (χ3n) is 5.30. The first-order valence-electron chi connectivity index (χ1n) is 10.5. The summed E-state index contributed by atoms with van der Waals surface area (Å²) < 4.78 is 7.36. The Hall–Kier alpha value is -4.58. The monoisotopic (exact) mass is 435 g/mol. The Morgan fingerprint density at radius 3 is 2.27 bits per heavy atom. The van der Waals surface area contributed by atoms with Crippen molar-refractivity contribution < 1.29 is 9.53 Å². The summed E-state index contributed by atoms with van der Waals surface area (Å²) in [5.74, 6) is 1.12. The van der Waals surface area contributed by atoms with Crippen LogP contribution in [0.1, 0.15) is 16.1 Å². The van der Waals surface area contributed by atoms with Crippen LogP contribution in [0.15, 0.2) is 102 Å². The second-order valence-corrected chi connectivity index (χ2v) is 7.72. The summed E-state index contributed by atoms with van der Waals surface area (Å²) >= 11 is 0. The van der Waals surface area contributed by atoms with Crippen molar-refractivity contribution in [3.63, 3.8) is 0 Å². The van der Waals surface area contributed by atoms with Crippen molar-refractivity contribution in [3.05, 3.63) is 119 Å². The number of nitrogens with zero attached hydrogens (tertiary/aromatic N) is 1. The highest BCUT2D eigenvalue weighted by Gasteiger charge is 2.14. The average molecular weight is 435 g/mol. The maximum absolute atomic E-state index is 12.9. The number of H-pyrrole nitrogens is 1. The fourth-order valence-corrected chi connectivity index (χ4v) is 3.62. The van der Waals surface area contributed by atoms with Crippen molar-refractivity contribution in [3.8, 4) is 17.2 Å². The van der Waals surface area contributed by atoms with Crippen molar-refractivity contribution in [2.24, 2.45) is 0 Å². The molecule has 2 heterocycles. The van der Waals surface area contributed by atoms with Gasteiger partial charge in [-0.1, -0.05) is 35.9 Å². The fraction of sp³-hybridized carbons (Fsp3) is 0.0370. The zero-order valence-corrected chi connectivity index (χ0v) is 17.9. The number of anilines is 1. The molecule has 6 heteroatoms. The van der Waals surface area contributed by atoms with Crippen LogP contribution in [0.3, 0.4) is 0 Å². The van der Waals surface area contributed by atoms with E-state index in [1.165, 1.54) is 6.07 Å². The van der Waals surface area contributed by atoms with Crippen LogP contribution in [-0.2, 0) is 0 Å². The zero-order chi connectivity index (χ0) is 22.8. The first kappa shape index (κ1) is 20.3. The molecule has 5 rings (SSSR count). The van der Waals surface area contributed by atoms with E-state index in [2.05, 4.69) is 10.3 Å². The first-order valence-corrected chi connectivity index (χ1v) is 10.5. The number of ether oxygens (including phenoxy) is 1. The number of pyridine rings is 1. The van der Waals surface area contributed by atoms with Gasteiger partial charge in [0.05, 0.1) is 5.69 Å². The lowest BCUT2D eigenvalue weighted by molar-refractivity contribution is 0.102. The molecule has 0 aliphatic heterocycles. The van der Waals surface area contributed by atoms with E-state index in [-0.39, 0.29) is 11.5 Å². The van der Waals surface area contributed by atoms with Gasteiger partial charge in [-0.25, -0.2) is 0 Å². The van der Waals surface area contributed by atoms with E-state index in [9.17, 15) is 9.59 Å². The van der Waals surface area contributed by atoms with Gasteiger partial charge in [0, 0.05) is 17.1 Å². The summed E-state index contributed by atoms with van der Waals surface area (Å²) in [5.41, 5.74) is 3.23. The second kappa shape index (κ2) is 8.51. The van der Waals surface area contributed by atoms with E-state index in [0.717, 1.165) is 22.4 Å². The topological polar surface area (TPSA) is 76.1 Å². The first-order chi connectivity index (χ1) is 16.1. The molecule has 0 aliphatic carbocycles. The molecular formula is C27H21N3O3. The molecule has 0 radical (unpaired) electrons. The number of carbonyl (C=O) groups is 1. The number of amides is 1. The maximum atomic E-state index is 12.9. The molecule has 33 heavy (non-hydrogen) atoms. The summed E-state index contributed by atoms with van der Waals surface area (Å²) in [5, 5.41) is 3.65. The lowest BCUT2D eigenvalue weighted by atomic mass is 10.2. The van der Waals surface area contributed by atoms with Gasteiger partial charge in [0.1, 0.15) is 22.8 Å². The van der Waals surface area contributed by atoms with E-state index in [1.807, 2.05) is 61.5 Å². The van der Waals surface area contributed by atoms with Gasteiger partial charge in [-0.2, -0.15) is 0 Å². The van der Waals surface area contributed by atoms with Crippen LogP contribution in [-0.4, -0.2) is 15.5 Å². The number of hydrogen-bond acceptors (Lipinski definition) is 3. The molecule has 1 amide bonds. The molecule has 6 nitrogen and oxygen atoms in total. The molecule has 0 atom stereocenters. The van der Waals surface area contributed by atoms with Crippen molar-refractivity contribution in [2.45, 2.75) is 6.92 Å². The van der Waals surface area contributed by atoms with E-state index in [1.54, 1.807) is 41.0 Å². The number of rotatable bonds is 5. The van der Waals surface area contributed by atoms with E-state index >= 15 is 0 Å². The van der Waals surface area contributed by atoms with Gasteiger partial charge >= 0.3 is 0 Å². The van der Waals surface area contributed by atoms with Gasteiger partial charge in [-0.15, -0.1) is 0 Å². The summed E-state index contributed by atoms with van der Waals surface area (Å²) in [6.45, 7) is 1.99. The molecule has 0 fully saturated rings. The summed E-state index contributed by atoms with van der Waals surface area (Å²) in [4.78, 5) is 28.6. The smallest absolute Gasteiger partial charge is 0.272 e. The van der Waals surface area contributed by atoms with Gasteiger partial charge in [0.2, 0.25) is 0 Å². The third kappa shape index (κ3) is 4.27. The summed E-state index contributed by atoms with van der Waals surface area (Å²) in [6.07, 6.45) is 0. The molecule has 0 aliphatic rings. The van der Waals surface area contributed by atoms with Crippen LogP contribution < -0.4 is 15.6 Å². The van der Waals surface area contributed by atoms with Crippen LogP contribution in [0.5, 0.6) is 11.5 Å². The van der Waals surface area contributed by atoms with Gasteiger partial charge in [-0.05, 0) is 67.6 Å². The molecule has 3 aromatic carbocycles. The van der Waals surface area contributed by atoms with E-state index < -0.39 is 0 Å². The SMILES string of the molecule is Cc1ccc(-n2c(=O)ccc3cc(C(=O)Nc4ccc(Oc5ccccc5)cc4)[nH]c32)cc1. The fourth-order valence-electron chi connectivity index (χ4n) is 3.62. The Morgan fingerprint density at radius 2 is 1.55 bits per heavy atom. The number of aromatic nitrogens is 2. The van der Waals surface area contributed by atoms with Crippen molar-refractivity contribution >= 4 is 22.6 Å². The maximum Gasteiger partial charge on any atom is 0.272 e. The Bertz CT molecular complexity index is 1480. The number of hydrogen-bond donors (Lipinski definition) is 2. The highest BCUT2D eigenvalue weighted by molar-refractivity contribution is 6.05. The number of benzene rings is 3. The molecule has 0 unspecified atom stereocenters. The van der Waals surface area contributed by atoms with Gasteiger partial charge in [-0.3, -0.25) is 14.2 Å². The number of nitrogens with one attached hydrogen (secondary N) is 2. The highest BCUT2D eigenvalue weighted by Crippen LogP contribution is 2.23. The molecule has 0 saturated carbocycles. The van der Waals surface area contributed by atoms with E-state index in [0.29, 0.717) is 22.8 Å². The Morgan fingerprint density at radius 1 is 0.848 bits per heavy atom. The minimum Gasteiger partial charge on any atom is -0.457 e. The van der Waals surface area contributed by atoms with Gasteiger partial charge in [0.25, 0.3) is 11.5 Å². The van der Waals surface area contributed by atoms with Gasteiger partial charge in [0.15, 0.2) is 0 Å². The predicted octanol–water partition coefficient (Wildman–Crippen LogP) is 5.67. The van der Waals surface area contributed by atoms with Crippen LogP contribution in [0, 0.1) is 6.92 Å². The van der Waals surface area contributed by atoms with Crippen LogP contribution in [0.25, 0.3) is 16.7 Å². The van der Waals surface area contributed by atoms with Crippen molar-refractivity contribution in [1.82, 2.24) is 9.55 Å². The van der Waals surface area contributed by atoms with Crippen molar-refractivity contribution in [2.75, 3.05) is 5.32 Å². The zero-order valence-electron chi connectivity index (χ0n) is 17.9. The highest BCUT2D eigenvalue weighted by atomic mass is 16.5. The largest absolute Gasteiger partial charge is 0.457 e. The van der Waals surface area contributed by atoms with Gasteiger partial charge < -0.3 is 15.0 Å². The third-order valence-corrected chi connectivity index (χ3v) is 5.30. The number of aromatic amines is 1. The van der Waals surface area contributed by atoms with E-state index in [4.69, 9.17) is 4.74 Å². The van der Waals surface area contributed by atoms with Crippen molar-refractivity contribution in [1.29, 1.82) is 0 Å². The standard InChI is InChI=1S/C27H21N3O3/c1-18-7-12-21(13-8-18)30-25(31)16-9-19-17-24(29-26(19)30)27(32)28-20-10-14-23(15-11-20)33-22-5-3-2-4-6-22/h2-17,29H,1H3,(H,28,32). The minimum absolute atomic E-state index is 0.172. The molecule has 2 aromatic heterocycles. The van der Waals surface area contributed by atoms with Crippen LogP contribution >= 0.6 is 0 Å². The second-order valence-electron chi connectivity index (χ2n) is 7.72. The number of fused-ring (bicyclic) bond motifs is 1. The lowest BCUT2D eigenvalue weighted by Crippen LogP contribution is -2.17. The molecule has 0 spiro atoms. The summed E-state index contributed by atoms with van der Waals surface area (Å²) in [7, 11) is 0. The Balaban J connectivity index is 1.38. The molecule has 162 valence electrons. The minimum atomic E-state index is -0.300. The number of aryl methyl sites for hydroxylation is 1. The molecule has 5 aromatic rings. The normalized spacial score (nSPS) is 10.8. The van der Waals surface area contributed by atoms with Crippen LogP contribution in [0.2, 0.25) is 0 Å². The Labute approximate surface area is 190 Å². The quantitative estimate of drug-likeness (QED) is 0.373. The van der Waals surface area contributed by atoms with Crippen LogP contribution in [0.4, 0.5) is 5.69 Å². The molecular weight excluding hydrogens is 414 g/mol.